The van der Waals surface area contributed by atoms with Gasteiger partial charge in [0, 0.05) is 37.1 Å². The molecule has 0 atom stereocenters. The quantitative estimate of drug-likeness (QED) is 0.539. The number of aromatic nitrogens is 1. The molecule has 7 heteroatoms. The molecule has 0 saturated heterocycles. The molecule has 194 valence electrons. The van der Waals surface area contributed by atoms with E-state index >= 15 is 0 Å². The Labute approximate surface area is 218 Å². The first kappa shape index (κ1) is 25.1. The zero-order valence-electron chi connectivity index (χ0n) is 21.7. The Bertz CT molecular complexity index is 1260. The topological polar surface area (TPSA) is 84.7 Å². The standard InChI is InChI=1S/C30H35N3O4/c1-20-29(21(2)37-32-20)24-10-11-27-26(19-24)18-23-7-4-8-25(17-23)30(35)31-13-14-33(15-16-36-27)28(34)12-9-22-5-3-6-22/h4,7-8,10-11,17,19,22H,3,5-6,9,12-16,18H2,1-2H3,(H,31,35). The van der Waals surface area contributed by atoms with Gasteiger partial charge in [0.25, 0.3) is 5.91 Å². The Morgan fingerprint density at radius 2 is 1.97 bits per heavy atom. The number of ether oxygens (including phenoxy) is 1. The van der Waals surface area contributed by atoms with E-state index in [9.17, 15) is 9.59 Å². The van der Waals surface area contributed by atoms with Crippen LogP contribution >= 0.6 is 0 Å². The number of carbonyl (C=O) groups is 2. The monoisotopic (exact) mass is 501 g/mol. The fourth-order valence-corrected chi connectivity index (χ4v) is 5.25. The average Bonchev–Trinajstić information content (AvgIpc) is 3.20. The van der Waals surface area contributed by atoms with E-state index in [1.165, 1.54) is 19.3 Å². The zero-order chi connectivity index (χ0) is 25.8. The molecule has 1 aromatic heterocycles. The van der Waals surface area contributed by atoms with E-state index in [1.54, 1.807) is 0 Å². The molecule has 2 aliphatic rings. The molecule has 0 radical (unpaired) electrons. The summed E-state index contributed by atoms with van der Waals surface area (Å²) in [5, 5.41) is 7.09. The minimum Gasteiger partial charge on any atom is -0.491 e. The molecular formula is C30H35N3O4. The molecule has 3 aromatic rings. The van der Waals surface area contributed by atoms with Crippen molar-refractivity contribution in [3.05, 3.63) is 70.6 Å². The number of hydrogen-bond acceptors (Lipinski definition) is 5. The van der Waals surface area contributed by atoms with E-state index in [2.05, 4.69) is 16.5 Å². The molecule has 1 aliphatic carbocycles. The van der Waals surface area contributed by atoms with E-state index < -0.39 is 0 Å². The Kier molecular flexibility index (Phi) is 7.58. The molecule has 2 aromatic carbocycles. The van der Waals surface area contributed by atoms with Gasteiger partial charge in [-0.1, -0.05) is 42.6 Å². The Hall–Kier alpha value is -3.61. The van der Waals surface area contributed by atoms with E-state index in [4.69, 9.17) is 9.26 Å². The van der Waals surface area contributed by atoms with Crippen LogP contribution in [-0.2, 0) is 11.2 Å². The van der Waals surface area contributed by atoms with Gasteiger partial charge in [-0.25, -0.2) is 0 Å². The molecule has 2 amide bonds. The fourth-order valence-electron chi connectivity index (χ4n) is 5.25. The van der Waals surface area contributed by atoms with Crippen molar-refractivity contribution in [2.45, 2.75) is 52.4 Å². The first-order valence-corrected chi connectivity index (χ1v) is 13.3. The van der Waals surface area contributed by atoms with Crippen molar-refractivity contribution in [1.82, 2.24) is 15.4 Å². The predicted molar refractivity (Wildman–Crippen MR) is 142 cm³/mol. The summed E-state index contributed by atoms with van der Waals surface area (Å²) in [7, 11) is 0. The third-order valence-electron chi connectivity index (χ3n) is 7.60. The normalized spacial score (nSPS) is 16.7. The summed E-state index contributed by atoms with van der Waals surface area (Å²) in [5.41, 5.74) is 5.49. The highest BCUT2D eigenvalue weighted by Gasteiger charge is 2.22. The number of fused-ring (bicyclic) bond motifs is 3. The van der Waals surface area contributed by atoms with Crippen LogP contribution in [0.4, 0.5) is 0 Å². The maximum atomic E-state index is 13.0. The summed E-state index contributed by atoms with van der Waals surface area (Å²) in [4.78, 5) is 27.7. The summed E-state index contributed by atoms with van der Waals surface area (Å²) in [6.07, 6.45) is 5.86. The second-order valence-corrected chi connectivity index (χ2v) is 10.2. The van der Waals surface area contributed by atoms with Gasteiger partial charge in [-0.2, -0.15) is 0 Å². The van der Waals surface area contributed by atoms with Crippen molar-refractivity contribution in [3.8, 4) is 16.9 Å². The highest BCUT2D eigenvalue weighted by molar-refractivity contribution is 5.94. The summed E-state index contributed by atoms with van der Waals surface area (Å²) >= 11 is 0. The van der Waals surface area contributed by atoms with Crippen LogP contribution in [0, 0.1) is 19.8 Å². The van der Waals surface area contributed by atoms with Crippen LogP contribution in [0.5, 0.6) is 5.75 Å². The molecule has 0 spiro atoms. The molecule has 1 aliphatic heterocycles. The lowest BCUT2D eigenvalue weighted by Gasteiger charge is -2.28. The minimum atomic E-state index is -0.123. The van der Waals surface area contributed by atoms with Crippen molar-refractivity contribution in [1.29, 1.82) is 0 Å². The molecule has 2 heterocycles. The number of amides is 2. The molecular weight excluding hydrogens is 466 g/mol. The van der Waals surface area contributed by atoms with Crippen LogP contribution in [0.25, 0.3) is 11.1 Å². The van der Waals surface area contributed by atoms with Crippen molar-refractivity contribution < 1.29 is 18.8 Å². The van der Waals surface area contributed by atoms with Gasteiger partial charge in [0.05, 0.1) is 12.2 Å². The molecule has 1 N–H and O–H groups in total. The third kappa shape index (κ3) is 5.87. The van der Waals surface area contributed by atoms with Crippen molar-refractivity contribution in [2.75, 3.05) is 26.2 Å². The smallest absolute Gasteiger partial charge is 0.251 e. The van der Waals surface area contributed by atoms with Crippen LogP contribution in [0.1, 0.15) is 65.0 Å². The molecule has 1 saturated carbocycles. The summed E-state index contributed by atoms with van der Waals surface area (Å²) in [6.45, 7) is 5.60. The van der Waals surface area contributed by atoms with E-state index in [0.717, 1.165) is 45.9 Å². The largest absolute Gasteiger partial charge is 0.491 e. The van der Waals surface area contributed by atoms with Crippen molar-refractivity contribution >= 4 is 11.8 Å². The number of nitrogens with zero attached hydrogens (tertiary/aromatic N) is 2. The molecule has 0 unspecified atom stereocenters. The van der Waals surface area contributed by atoms with Gasteiger partial charge in [0.15, 0.2) is 0 Å². The molecule has 2 bridgehead atoms. The van der Waals surface area contributed by atoms with Crippen molar-refractivity contribution in [2.24, 2.45) is 5.92 Å². The summed E-state index contributed by atoms with van der Waals surface area (Å²) in [5.74, 6) is 2.25. The molecule has 1 fully saturated rings. The number of hydrogen-bond donors (Lipinski definition) is 1. The predicted octanol–water partition coefficient (Wildman–Crippen LogP) is 5.08. The Morgan fingerprint density at radius 3 is 2.73 bits per heavy atom. The Balaban J connectivity index is 1.42. The first-order chi connectivity index (χ1) is 18.0. The van der Waals surface area contributed by atoms with Crippen molar-refractivity contribution in [3.63, 3.8) is 0 Å². The van der Waals surface area contributed by atoms with Gasteiger partial charge >= 0.3 is 0 Å². The third-order valence-corrected chi connectivity index (χ3v) is 7.60. The van der Waals surface area contributed by atoms with Gasteiger partial charge < -0.3 is 19.5 Å². The summed E-state index contributed by atoms with van der Waals surface area (Å²) < 4.78 is 11.7. The second kappa shape index (κ2) is 11.2. The SMILES string of the molecule is Cc1noc(C)c1-c1ccc2c(c1)Cc1cccc(c1)C(=O)NCCN(C(=O)CCC1CCC1)CCO2. The number of rotatable bonds is 4. The summed E-state index contributed by atoms with van der Waals surface area (Å²) in [6, 6.07) is 13.8. The van der Waals surface area contributed by atoms with E-state index in [0.29, 0.717) is 50.6 Å². The lowest BCUT2D eigenvalue weighted by Crippen LogP contribution is -2.41. The lowest BCUT2D eigenvalue weighted by molar-refractivity contribution is -0.132. The van der Waals surface area contributed by atoms with Gasteiger partial charge in [-0.05, 0) is 67.1 Å². The van der Waals surface area contributed by atoms with Gasteiger partial charge in [-0.15, -0.1) is 0 Å². The maximum Gasteiger partial charge on any atom is 0.251 e. The van der Waals surface area contributed by atoms with Crippen LogP contribution in [0.3, 0.4) is 0 Å². The maximum absolute atomic E-state index is 13.0. The zero-order valence-corrected chi connectivity index (χ0v) is 21.7. The molecule has 7 nitrogen and oxygen atoms in total. The van der Waals surface area contributed by atoms with E-state index in [1.807, 2.05) is 55.1 Å². The van der Waals surface area contributed by atoms with Gasteiger partial charge in [0.1, 0.15) is 18.1 Å². The highest BCUT2D eigenvalue weighted by atomic mass is 16.5. The van der Waals surface area contributed by atoms with Crippen LogP contribution in [0.15, 0.2) is 47.0 Å². The average molecular weight is 502 g/mol. The van der Waals surface area contributed by atoms with Gasteiger partial charge in [-0.3, -0.25) is 9.59 Å². The fraction of sp³-hybridized carbons (Fsp3) is 0.433. The number of aryl methyl sites for hydroxylation is 2. The van der Waals surface area contributed by atoms with Crippen LogP contribution in [-0.4, -0.2) is 48.1 Å². The van der Waals surface area contributed by atoms with Crippen LogP contribution in [0.2, 0.25) is 0 Å². The van der Waals surface area contributed by atoms with E-state index in [-0.39, 0.29) is 11.8 Å². The number of benzene rings is 2. The Morgan fingerprint density at radius 1 is 1.11 bits per heavy atom. The highest BCUT2D eigenvalue weighted by Crippen LogP contribution is 2.33. The van der Waals surface area contributed by atoms with Gasteiger partial charge in [0.2, 0.25) is 5.91 Å². The first-order valence-electron chi connectivity index (χ1n) is 13.3. The number of nitrogens with one attached hydrogen (secondary N) is 1. The molecule has 5 rings (SSSR count). The number of carbonyl (C=O) groups excluding carboxylic acids is 2. The second-order valence-electron chi connectivity index (χ2n) is 10.2. The minimum absolute atomic E-state index is 0.123. The lowest BCUT2D eigenvalue weighted by atomic mass is 9.82. The van der Waals surface area contributed by atoms with Crippen LogP contribution < -0.4 is 10.1 Å². The molecule has 37 heavy (non-hydrogen) atoms.